The Kier molecular flexibility index (Phi) is 5.06. The van der Waals surface area contributed by atoms with Gasteiger partial charge in [-0.15, -0.1) is 22.7 Å². The molecule has 4 aromatic rings. The Balaban J connectivity index is 1.57. The van der Waals surface area contributed by atoms with Crippen molar-refractivity contribution in [3.05, 3.63) is 74.7 Å². The molecule has 0 saturated carbocycles. The molecule has 1 aromatic carbocycles. The number of nitrogens with zero attached hydrogens (tertiary/aromatic N) is 2. The first-order chi connectivity index (χ1) is 13.5. The third-order valence-electron chi connectivity index (χ3n) is 4.31. The lowest BCUT2D eigenvalue weighted by atomic mass is 10.2. The maximum atomic E-state index is 13.7. The Labute approximate surface area is 168 Å². The standard InChI is InChI=1S/C20H16FN3O2S2/c1-12-6-7-16(28-12)14-10-27-19-18(14)20(26)24(11-23-19)9-17(25)22-8-13-4-2-3-5-15(13)21/h2-7,10-11H,8-9H2,1H3,(H,22,25). The van der Waals surface area contributed by atoms with Crippen molar-refractivity contribution >= 4 is 38.8 Å². The van der Waals surface area contributed by atoms with Gasteiger partial charge in [-0.1, -0.05) is 18.2 Å². The van der Waals surface area contributed by atoms with Gasteiger partial charge in [0.2, 0.25) is 5.91 Å². The number of fused-ring (bicyclic) bond motifs is 1. The highest BCUT2D eigenvalue weighted by Crippen LogP contribution is 2.34. The van der Waals surface area contributed by atoms with Gasteiger partial charge in [-0.05, 0) is 25.1 Å². The van der Waals surface area contributed by atoms with Crippen LogP contribution in [0.5, 0.6) is 0 Å². The van der Waals surface area contributed by atoms with Gasteiger partial charge in [0.1, 0.15) is 17.2 Å². The molecule has 4 rings (SSSR count). The normalized spacial score (nSPS) is 11.1. The minimum absolute atomic E-state index is 0.0636. The molecule has 0 fully saturated rings. The van der Waals surface area contributed by atoms with Gasteiger partial charge in [0.05, 0.1) is 11.7 Å². The topological polar surface area (TPSA) is 64.0 Å². The van der Waals surface area contributed by atoms with Gasteiger partial charge < -0.3 is 5.32 Å². The minimum atomic E-state index is -0.379. The van der Waals surface area contributed by atoms with E-state index in [1.807, 2.05) is 24.4 Å². The van der Waals surface area contributed by atoms with Crippen LogP contribution in [-0.4, -0.2) is 15.5 Å². The number of aryl methyl sites for hydroxylation is 1. The molecule has 8 heteroatoms. The van der Waals surface area contributed by atoms with Crippen molar-refractivity contribution in [1.82, 2.24) is 14.9 Å². The summed E-state index contributed by atoms with van der Waals surface area (Å²) in [5, 5.41) is 5.09. The molecule has 0 atom stereocenters. The number of aromatic nitrogens is 2. The Morgan fingerprint density at radius 1 is 1.25 bits per heavy atom. The van der Waals surface area contributed by atoms with Crippen molar-refractivity contribution in [2.45, 2.75) is 20.0 Å². The van der Waals surface area contributed by atoms with E-state index in [0.29, 0.717) is 15.8 Å². The minimum Gasteiger partial charge on any atom is -0.350 e. The van der Waals surface area contributed by atoms with Gasteiger partial charge in [-0.2, -0.15) is 0 Å². The molecule has 1 N–H and O–H groups in total. The van der Waals surface area contributed by atoms with E-state index in [9.17, 15) is 14.0 Å². The third kappa shape index (κ3) is 3.61. The zero-order chi connectivity index (χ0) is 19.7. The Bertz CT molecular complexity index is 1230. The van der Waals surface area contributed by atoms with Crippen LogP contribution < -0.4 is 10.9 Å². The highest BCUT2D eigenvalue weighted by molar-refractivity contribution is 7.19. The highest BCUT2D eigenvalue weighted by Gasteiger charge is 2.15. The summed E-state index contributed by atoms with van der Waals surface area (Å²) in [6.07, 6.45) is 1.38. The van der Waals surface area contributed by atoms with Crippen LogP contribution >= 0.6 is 22.7 Å². The number of hydrogen-bond acceptors (Lipinski definition) is 5. The lowest BCUT2D eigenvalue weighted by molar-refractivity contribution is -0.121. The van der Waals surface area contributed by atoms with Gasteiger partial charge in [0.15, 0.2) is 0 Å². The number of hydrogen-bond donors (Lipinski definition) is 1. The molecule has 28 heavy (non-hydrogen) atoms. The molecule has 0 aliphatic rings. The quantitative estimate of drug-likeness (QED) is 0.539. The maximum absolute atomic E-state index is 13.7. The van der Waals surface area contributed by atoms with Gasteiger partial charge in [-0.25, -0.2) is 9.37 Å². The number of rotatable bonds is 5. The zero-order valence-electron chi connectivity index (χ0n) is 14.9. The predicted octanol–water partition coefficient (Wildman–Crippen LogP) is 3.95. The monoisotopic (exact) mass is 413 g/mol. The molecule has 0 radical (unpaired) electrons. The summed E-state index contributed by atoms with van der Waals surface area (Å²) in [6.45, 7) is 1.91. The van der Waals surface area contributed by atoms with Gasteiger partial charge in [0, 0.05) is 32.8 Å². The molecule has 142 valence electrons. The van der Waals surface area contributed by atoms with E-state index < -0.39 is 0 Å². The van der Waals surface area contributed by atoms with Crippen LogP contribution in [0.3, 0.4) is 0 Å². The predicted molar refractivity (Wildman–Crippen MR) is 110 cm³/mol. The van der Waals surface area contributed by atoms with Crippen molar-refractivity contribution in [1.29, 1.82) is 0 Å². The Morgan fingerprint density at radius 2 is 2.07 bits per heavy atom. The second kappa shape index (κ2) is 7.65. The van der Waals surface area contributed by atoms with Crippen LogP contribution in [-0.2, 0) is 17.9 Å². The summed E-state index contributed by atoms with van der Waals surface area (Å²) in [5.41, 5.74) is 0.981. The van der Waals surface area contributed by atoms with Crippen molar-refractivity contribution in [2.75, 3.05) is 0 Å². The number of halogens is 1. The number of amides is 1. The molecule has 0 aliphatic heterocycles. The maximum Gasteiger partial charge on any atom is 0.263 e. The fraction of sp³-hybridized carbons (Fsp3) is 0.150. The number of thiophene rings is 2. The first-order valence-corrected chi connectivity index (χ1v) is 10.3. The van der Waals surface area contributed by atoms with E-state index in [1.165, 1.54) is 28.3 Å². The van der Waals surface area contributed by atoms with Crippen LogP contribution in [0.1, 0.15) is 10.4 Å². The van der Waals surface area contributed by atoms with Gasteiger partial charge in [-0.3, -0.25) is 14.2 Å². The molecule has 3 aromatic heterocycles. The van der Waals surface area contributed by atoms with Crippen LogP contribution in [0.4, 0.5) is 4.39 Å². The SMILES string of the molecule is Cc1ccc(-c2csc3ncn(CC(=O)NCc4ccccc4F)c(=O)c23)s1. The van der Waals surface area contributed by atoms with Gasteiger partial charge in [0.25, 0.3) is 5.56 Å². The van der Waals surface area contributed by atoms with Crippen LogP contribution in [0.15, 0.2) is 52.9 Å². The fourth-order valence-electron chi connectivity index (χ4n) is 2.89. The molecule has 0 aliphatic carbocycles. The molecular formula is C20H16FN3O2S2. The van der Waals surface area contributed by atoms with Crippen molar-refractivity contribution in [3.63, 3.8) is 0 Å². The average molecular weight is 413 g/mol. The second-order valence-corrected chi connectivity index (χ2v) is 8.43. The Morgan fingerprint density at radius 3 is 2.82 bits per heavy atom. The molecule has 0 saturated heterocycles. The first kappa shape index (κ1) is 18.5. The molecule has 1 amide bonds. The lowest BCUT2D eigenvalue weighted by Gasteiger charge is -2.08. The summed E-state index contributed by atoms with van der Waals surface area (Å²) in [6, 6.07) is 10.2. The van der Waals surface area contributed by atoms with Crippen LogP contribution in [0.2, 0.25) is 0 Å². The van der Waals surface area contributed by atoms with Crippen molar-refractivity contribution in [3.8, 4) is 10.4 Å². The van der Waals surface area contributed by atoms with E-state index in [-0.39, 0.29) is 30.4 Å². The Hall–Kier alpha value is -2.84. The van der Waals surface area contributed by atoms with E-state index >= 15 is 0 Å². The van der Waals surface area contributed by atoms with Crippen LogP contribution in [0, 0.1) is 12.7 Å². The largest absolute Gasteiger partial charge is 0.350 e. The van der Waals surface area contributed by atoms with E-state index in [1.54, 1.807) is 29.5 Å². The number of nitrogens with one attached hydrogen (secondary N) is 1. The lowest BCUT2D eigenvalue weighted by Crippen LogP contribution is -2.32. The smallest absolute Gasteiger partial charge is 0.263 e. The van der Waals surface area contributed by atoms with Gasteiger partial charge >= 0.3 is 0 Å². The zero-order valence-corrected chi connectivity index (χ0v) is 16.6. The van der Waals surface area contributed by atoms with Crippen molar-refractivity contribution in [2.24, 2.45) is 0 Å². The summed E-state index contributed by atoms with van der Waals surface area (Å²) >= 11 is 3.02. The summed E-state index contributed by atoms with van der Waals surface area (Å²) in [5.74, 6) is -0.757. The summed E-state index contributed by atoms with van der Waals surface area (Å²) in [4.78, 5) is 32.4. The molecule has 0 unspecified atom stereocenters. The highest BCUT2D eigenvalue weighted by atomic mass is 32.1. The van der Waals surface area contributed by atoms with E-state index in [4.69, 9.17) is 0 Å². The average Bonchev–Trinajstić information content (AvgIpc) is 3.30. The number of benzene rings is 1. The molecule has 0 spiro atoms. The van der Waals surface area contributed by atoms with E-state index in [0.717, 1.165) is 15.3 Å². The van der Waals surface area contributed by atoms with E-state index in [2.05, 4.69) is 10.3 Å². The summed E-state index contributed by atoms with van der Waals surface area (Å²) in [7, 11) is 0. The second-order valence-electron chi connectivity index (χ2n) is 6.29. The molecule has 3 heterocycles. The van der Waals surface area contributed by atoms with Crippen molar-refractivity contribution < 1.29 is 9.18 Å². The fourth-order valence-corrected chi connectivity index (χ4v) is 4.75. The first-order valence-electron chi connectivity index (χ1n) is 8.56. The third-order valence-corrected chi connectivity index (χ3v) is 6.23. The molecular weight excluding hydrogens is 397 g/mol. The summed E-state index contributed by atoms with van der Waals surface area (Å²) < 4.78 is 15.0. The number of carbonyl (C=O) groups is 1. The van der Waals surface area contributed by atoms with Crippen LogP contribution in [0.25, 0.3) is 20.7 Å². The molecule has 5 nitrogen and oxygen atoms in total. The number of carbonyl (C=O) groups excluding carboxylic acids is 1. The molecule has 0 bridgehead atoms.